The van der Waals surface area contributed by atoms with Gasteiger partial charge in [0.15, 0.2) is 5.76 Å². The summed E-state index contributed by atoms with van der Waals surface area (Å²) in [5.74, 6) is 0.802. The van der Waals surface area contributed by atoms with Crippen LogP contribution < -0.4 is 10.1 Å². The van der Waals surface area contributed by atoms with Crippen molar-refractivity contribution in [1.82, 2.24) is 5.16 Å². The molecule has 0 atom stereocenters. The Bertz CT molecular complexity index is 1490. The van der Waals surface area contributed by atoms with E-state index in [2.05, 4.69) is 29.5 Å². The number of anilines is 2. The SMILES string of the molecule is CCCCCCCCCCCCOc1cccc(Nc2c(C)noc2-c2ccc(-c3ccc(C4(C(=O)O)CC4)cc3)cc2)c1. The van der Waals surface area contributed by atoms with E-state index in [1.807, 2.05) is 67.6 Å². The van der Waals surface area contributed by atoms with Crippen LogP contribution in [0.4, 0.5) is 11.4 Å². The van der Waals surface area contributed by atoms with Gasteiger partial charge >= 0.3 is 5.97 Å². The van der Waals surface area contributed by atoms with Crippen molar-refractivity contribution in [2.24, 2.45) is 0 Å². The van der Waals surface area contributed by atoms with Crippen molar-refractivity contribution in [3.8, 4) is 28.2 Å². The lowest BCUT2D eigenvalue weighted by Crippen LogP contribution is -2.19. The highest BCUT2D eigenvalue weighted by atomic mass is 16.5. The van der Waals surface area contributed by atoms with E-state index in [4.69, 9.17) is 9.26 Å². The van der Waals surface area contributed by atoms with Gasteiger partial charge in [-0.3, -0.25) is 4.79 Å². The largest absolute Gasteiger partial charge is 0.494 e. The molecule has 1 aliphatic rings. The zero-order chi connectivity index (χ0) is 30.8. The van der Waals surface area contributed by atoms with Gasteiger partial charge in [-0.1, -0.05) is 124 Å². The maximum Gasteiger partial charge on any atom is 0.314 e. The highest BCUT2D eigenvalue weighted by molar-refractivity contribution is 5.85. The molecular formula is C38H46N2O4. The van der Waals surface area contributed by atoms with E-state index in [0.29, 0.717) is 18.6 Å². The lowest BCUT2D eigenvalue weighted by atomic mass is 9.93. The molecule has 1 saturated carbocycles. The number of aromatic nitrogens is 1. The van der Waals surface area contributed by atoms with Crippen LogP contribution in [-0.2, 0) is 10.2 Å². The van der Waals surface area contributed by atoms with Gasteiger partial charge < -0.3 is 19.7 Å². The molecule has 4 aromatic rings. The average Bonchev–Trinajstić information content (AvgIpc) is 3.79. The number of rotatable bonds is 18. The summed E-state index contributed by atoms with van der Waals surface area (Å²) < 4.78 is 11.8. The van der Waals surface area contributed by atoms with Gasteiger partial charge in [-0.2, -0.15) is 0 Å². The number of nitrogens with one attached hydrogen (secondary N) is 1. The summed E-state index contributed by atoms with van der Waals surface area (Å²) in [6, 6.07) is 24.1. The lowest BCUT2D eigenvalue weighted by molar-refractivity contribution is -0.140. The molecule has 2 N–H and O–H groups in total. The molecule has 232 valence electrons. The molecule has 1 aromatic heterocycles. The molecular weight excluding hydrogens is 548 g/mol. The first kappa shape index (κ1) is 31.4. The Labute approximate surface area is 261 Å². The highest BCUT2D eigenvalue weighted by Crippen LogP contribution is 2.48. The lowest BCUT2D eigenvalue weighted by Gasteiger charge is -2.12. The highest BCUT2D eigenvalue weighted by Gasteiger charge is 2.51. The van der Waals surface area contributed by atoms with E-state index >= 15 is 0 Å². The zero-order valence-electron chi connectivity index (χ0n) is 26.2. The Kier molecular flexibility index (Phi) is 10.8. The van der Waals surface area contributed by atoms with E-state index in [1.165, 1.54) is 57.8 Å². The quantitative estimate of drug-likeness (QED) is 0.111. The predicted molar refractivity (Wildman–Crippen MR) is 178 cm³/mol. The Hall–Kier alpha value is -4.06. The molecule has 0 amide bonds. The number of aliphatic carboxylic acids is 1. The van der Waals surface area contributed by atoms with Gasteiger partial charge in [-0.15, -0.1) is 0 Å². The van der Waals surface area contributed by atoms with Crippen LogP contribution in [0.2, 0.25) is 0 Å². The fourth-order valence-corrected chi connectivity index (χ4v) is 5.85. The molecule has 0 spiro atoms. The van der Waals surface area contributed by atoms with Crippen molar-refractivity contribution < 1.29 is 19.2 Å². The van der Waals surface area contributed by atoms with Crippen molar-refractivity contribution >= 4 is 17.3 Å². The number of carboxylic acid groups (broad SMARTS) is 1. The van der Waals surface area contributed by atoms with Crippen LogP contribution in [0.5, 0.6) is 5.75 Å². The van der Waals surface area contributed by atoms with Crippen molar-refractivity contribution in [1.29, 1.82) is 0 Å². The molecule has 1 fully saturated rings. The van der Waals surface area contributed by atoms with Gasteiger partial charge in [-0.25, -0.2) is 0 Å². The van der Waals surface area contributed by atoms with Crippen LogP contribution >= 0.6 is 0 Å². The number of hydrogen-bond donors (Lipinski definition) is 2. The molecule has 1 aliphatic carbocycles. The van der Waals surface area contributed by atoms with Gasteiger partial charge in [0, 0.05) is 17.3 Å². The summed E-state index contributed by atoms with van der Waals surface area (Å²) >= 11 is 0. The standard InChI is InChI=1S/C38H46N2O4/c1-3-4-5-6-7-8-9-10-11-12-26-43-34-15-13-14-33(27-34)39-35-28(2)40-44-36(35)31-18-16-29(17-19-31)30-20-22-32(23-21-30)38(24-25-38)37(41)42/h13-23,27,39H,3-12,24-26H2,1-2H3,(H,41,42). The second kappa shape index (κ2) is 15.1. The molecule has 44 heavy (non-hydrogen) atoms. The van der Waals surface area contributed by atoms with E-state index in [0.717, 1.165) is 58.1 Å². The Morgan fingerprint density at radius 1 is 0.841 bits per heavy atom. The molecule has 1 heterocycles. The van der Waals surface area contributed by atoms with E-state index in [1.54, 1.807) is 0 Å². The summed E-state index contributed by atoms with van der Waals surface area (Å²) in [5, 5.41) is 17.3. The van der Waals surface area contributed by atoms with Gasteiger partial charge in [-0.05, 0) is 55.0 Å². The van der Waals surface area contributed by atoms with Crippen LogP contribution in [0.3, 0.4) is 0 Å². The monoisotopic (exact) mass is 594 g/mol. The van der Waals surface area contributed by atoms with Crippen LogP contribution in [0.1, 0.15) is 95.2 Å². The van der Waals surface area contributed by atoms with Gasteiger partial charge in [0.1, 0.15) is 17.1 Å². The molecule has 6 heteroatoms. The average molecular weight is 595 g/mol. The van der Waals surface area contributed by atoms with E-state index < -0.39 is 11.4 Å². The van der Waals surface area contributed by atoms with Crippen LogP contribution in [-0.4, -0.2) is 22.8 Å². The summed E-state index contributed by atoms with van der Waals surface area (Å²) in [4.78, 5) is 11.7. The fourth-order valence-electron chi connectivity index (χ4n) is 5.85. The summed E-state index contributed by atoms with van der Waals surface area (Å²) in [6.45, 7) is 4.93. The molecule has 0 saturated heterocycles. The number of nitrogens with zero attached hydrogens (tertiary/aromatic N) is 1. The number of aryl methyl sites for hydroxylation is 1. The normalized spacial score (nSPS) is 13.5. The van der Waals surface area contributed by atoms with Crippen molar-refractivity contribution in [2.45, 2.75) is 96.3 Å². The minimum absolute atomic E-state index is 0.679. The second-order valence-corrected chi connectivity index (χ2v) is 12.2. The fraction of sp³-hybridized carbons (Fsp3) is 0.421. The van der Waals surface area contributed by atoms with Crippen molar-refractivity contribution in [2.75, 3.05) is 11.9 Å². The Morgan fingerprint density at radius 3 is 2.05 bits per heavy atom. The Balaban J connectivity index is 1.13. The number of carboxylic acids is 1. The molecule has 0 unspecified atom stereocenters. The van der Waals surface area contributed by atoms with Crippen LogP contribution in [0, 0.1) is 6.92 Å². The smallest absolute Gasteiger partial charge is 0.314 e. The summed E-state index contributed by atoms with van der Waals surface area (Å²) in [6.07, 6.45) is 14.5. The number of hydrogen-bond acceptors (Lipinski definition) is 5. The zero-order valence-corrected chi connectivity index (χ0v) is 26.2. The topological polar surface area (TPSA) is 84.6 Å². The first-order valence-corrected chi connectivity index (χ1v) is 16.4. The van der Waals surface area contributed by atoms with Crippen molar-refractivity contribution in [3.05, 3.63) is 84.1 Å². The van der Waals surface area contributed by atoms with E-state index in [9.17, 15) is 9.90 Å². The number of unbranched alkanes of at least 4 members (excludes halogenated alkanes) is 9. The minimum atomic E-state index is -0.732. The molecule has 0 radical (unpaired) electrons. The molecule has 5 rings (SSSR count). The van der Waals surface area contributed by atoms with Gasteiger partial charge in [0.05, 0.1) is 12.0 Å². The van der Waals surface area contributed by atoms with Crippen LogP contribution in [0.25, 0.3) is 22.5 Å². The Morgan fingerprint density at radius 2 is 1.43 bits per heavy atom. The third-order valence-corrected chi connectivity index (χ3v) is 8.81. The maximum absolute atomic E-state index is 11.7. The third kappa shape index (κ3) is 7.90. The first-order valence-electron chi connectivity index (χ1n) is 16.4. The van der Waals surface area contributed by atoms with Crippen molar-refractivity contribution in [3.63, 3.8) is 0 Å². The summed E-state index contributed by atoms with van der Waals surface area (Å²) in [7, 11) is 0. The minimum Gasteiger partial charge on any atom is -0.494 e. The number of ether oxygens (including phenoxy) is 1. The number of carbonyl (C=O) groups is 1. The van der Waals surface area contributed by atoms with Gasteiger partial charge in [0.25, 0.3) is 0 Å². The van der Waals surface area contributed by atoms with E-state index in [-0.39, 0.29) is 0 Å². The maximum atomic E-state index is 11.7. The first-order chi connectivity index (χ1) is 21.5. The molecule has 0 bridgehead atoms. The van der Waals surface area contributed by atoms with Crippen LogP contribution in [0.15, 0.2) is 77.3 Å². The van der Waals surface area contributed by atoms with Gasteiger partial charge in [0.2, 0.25) is 0 Å². The second-order valence-electron chi connectivity index (χ2n) is 12.2. The predicted octanol–water partition coefficient (Wildman–Crippen LogP) is 10.5. The summed E-state index contributed by atoms with van der Waals surface area (Å²) in [5.41, 5.74) is 5.75. The molecule has 0 aliphatic heterocycles. The molecule has 6 nitrogen and oxygen atoms in total. The third-order valence-electron chi connectivity index (χ3n) is 8.81. The molecule has 3 aromatic carbocycles. The number of benzene rings is 3.